The SMILES string of the molecule is CC(c1ccccc1CS(=O)(=O)c1ccccc1)c1c(N)nc(-n2nc(Cc3ccccc3F)c3ncc(F)cc32)nc1N. The minimum absolute atomic E-state index is 0.0203. The quantitative estimate of drug-likeness (QED) is 0.234. The van der Waals surface area contributed by atoms with Gasteiger partial charge in [-0.15, -0.1) is 0 Å². The number of halogens is 2. The topological polar surface area (TPSA) is 143 Å². The number of benzene rings is 3. The van der Waals surface area contributed by atoms with Crippen LogP contribution in [0.25, 0.3) is 17.0 Å². The molecule has 44 heavy (non-hydrogen) atoms. The van der Waals surface area contributed by atoms with Crippen molar-refractivity contribution in [1.82, 2.24) is 24.7 Å². The fourth-order valence-electron chi connectivity index (χ4n) is 5.32. The van der Waals surface area contributed by atoms with Crippen LogP contribution in [0.4, 0.5) is 20.4 Å². The Morgan fingerprint density at radius 3 is 2.20 bits per heavy atom. The number of nitrogen functional groups attached to an aromatic ring is 2. The molecule has 0 aliphatic heterocycles. The Morgan fingerprint density at radius 2 is 1.50 bits per heavy atom. The third kappa shape index (κ3) is 5.47. The average molecular weight is 612 g/mol. The second-order valence-corrected chi connectivity index (χ2v) is 12.3. The third-order valence-electron chi connectivity index (χ3n) is 7.46. The summed E-state index contributed by atoms with van der Waals surface area (Å²) < 4.78 is 56.4. The maximum absolute atomic E-state index is 14.4. The lowest BCUT2D eigenvalue weighted by atomic mass is 9.90. The Morgan fingerprint density at radius 1 is 0.864 bits per heavy atom. The highest BCUT2D eigenvalue weighted by Gasteiger charge is 2.25. The highest BCUT2D eigenvalue weighted by molar-refractivity contribution is 7.90. The molecule has 0 bridgehead atoms. The molecule has 12 heteroatoms. The van der Waals surface area contributed by atoms with Crippen LogP contribution in [0.15, 0.2) is 96.0 Å². The maximum Gasteiger partial charge on any atom is 0.255 e. The molecular formula is C32H27F2N7O2S. The standard InChI is InChI=1S/C32H27F2N7O2S/c1-19(24-13-7-5-10-21(24)18-44(42,43)23-11-3-2-4-12-23)28-30(35)38-32(39-31(28)36)41-27-16-22(33)17-37-29(27)26(40-41)15-20-9-6-8-14-25(20)34/h2-14,16-17,19H,15,18H2,1H3,(H4,35,36,38,39). The number of pyridine rings is 1. The predicted octanol–water partition coefficient (Wildman–Crippen LogP) is 5.37. The number of fused-ring (bicyclic) bond motifs is 1. The molecule has 3 aromatic carbocycles. The lowest BCUT2D eigenvalue weighted by Gasteiger charge is -2.20. The Kier molecular flexibility index (Phi) is 7.52. The van der Waals surface area contributed by atoms with Crippen LogP contribution in [0.3, 0.4) is 0 Å². The fourth-order valence-corrected chi connectivity index (χ4v) is 6.73. The zero-order valence-electron chi connectivity index (χ0n) is 23.5. The normalized spacial score (nSPS) is 12.4. The van der Waals surface area contributed by atoms with E-state index >= 15 is 0 Å². The molecule has 6 rings (SSSR count). The van der Waals surface area contributed by atoms with Crippen LogP contribution in [-0.2, 0) is 22.0 Å². The molecule has 0 fully saturated rings. The van der Waals surface area contributed by atoms with Gasteiger partial charge in [0.2, 0.25) is 0 Å². The summed E-state index contributed by atoms with van der Waals surface area (Å²) in [6.07, 6.45) is 1.15. The lowest BCUT2D eigenvalue weighted by Crippen LogP contribution is -2.15. The van der Waals surface area contributed by atoms with Crippen molar-refractivity contribution in [1.29, 1.82) is 0 Å². The van der Waals surface area contributed by atoms with Crippen molar-refractivity contribution in [2.24, 2.45) is 0 Å². The molecule has 3 aromatic heterocycles. The van der Waals surface area contributed by atoms with E-state index in [1.54, 1.807) is 66.7 Å². The monoisotopic (exact) mass is 611 g/mol. The largest absolute Gasteiger partial charge is 0.383 e. The van der Waals surface area contributed by atoms with Crippen molar-refractivity contribution in [3.05, 3.63) is 131 Å². The first-order valence-electron chi connectivity index (χ1n) is 13.7. The van der Waals surface area contributed by atoms with Crippen molar-refractivity contribution in [3.63, 3.8) is 0 Å². The van der Waals surface area contributed by atoms with Gasteiger partial charge >= 0.3 is 0 Å². The molecule has 1 unspecified atom stereocenters. The Bertz CT molecular complexity index is 2100. The summed E-state index contributed by atoms with van der Waals surface area (Å²) in [5.74, 6) is -1.64. The Hall–Kier alpha value is -5.23. The number of nitrogens with two attached hydrogens (primary N) is 2. The van der Waals surface area contributed by atoms with Crippen molar-refractivity contribution in [2.45, 2.75) is 29.9 Å². The van der Waals surface area contributed by atoms with Gasteiger partial charge in [0.1, 0.15) is 28.8 Å². The van der Waals surface area contributed by atoms with E-state index in [0.29, 0.717) is 33.5 Å². The van der Waals surface area contributed by atoms with Crippen molar-refractivity contribution < 1.29 is 17.2 Å². The van der Waals surface area contributed by atoms with E-state index in [0.717, 1.165) is 6.20 Å². The zero-order chi connectivity index (χ0) is 31.0. The van der Waals surface area contributed by atoms with Gasteiger partial charge in [-0.1, -0.05) is 67.6 Å². The summed E-state index contributed by atoms with van der Waals surface area (Å²) in [4.78, 5) is 13.3. The predicted molar refractivity (Wildman–Crippen MR) is 164 cm³/mol. The molecule has 0 radical (unpaired) electrons. The second-order valence-electron chi connectivity index (χ2n) is 10.3. The van der Waals surface area contributed by atoms with Crippen LogP contribution in [0, 0.1) is 11.6 Å². The molecule has 6 aromatic rings. The van der Waals surface area contributed by atoms with Gasteiger partial charge in [0, 0.05) is 24.0 Å². The molecule has 0 spiro atoms. The highest BCUT2D eigenvalue weighted by Crippen LogP contribution is 2.35. The third-order valence-corrected chi connectivity index (χ3v) is 9.14. The Balaban J connectivity index is 1.39. The summed E-state index contributed by atoms with van der Waals surface area (Å²) in [5, 5.41) is 4.55. The van der Waals surface area contributed by atoms with Crippen LogP contribution in [0.5, 0.6) is 0 Å². The number of anilines is 2. The molecule has 4 N–H and O–H groups in total. The van der Waals surface area contributed by atoms with E-state index in [1.807, 2.05) is 13.0 Å². The van der Waals surface area contributed by atoms with E-state index in [9.17, 15) is 17.2 Å². The first-order valence-corrected chi connectivity index (χ1v) is 15.3. The van der Waals surface area contributed by atoms with Crippen LogP contribution in [0.2, 0.25) is 0 Å². The number of rotatable bonds is 8. The van der Waals surface area contributed by atoms with Gasteiger partial charge in [-0.2, -0.15) is 19.7 Å². The van der Waals surface area contributed by atoms with Crippen LogP contribution in [-0.4, -0.2) is 33.2 Å². The van der Waals surface area contributed by atoms with Gasteiger partial charge in [-0.25, -0.2) is 22.2 Å². The summed E-state index contributed by atoms with van der Waals surface area (Å²) in [6, 6.07) is 22.9. The number of aromatic nitrogens is 5. The molecule has 3 heterocycles. The molecule has 0 saturated carbocycles. The van der Waals surface area contributed by atoms with E-state index in [2.05, 4.69) is 20.1 Å². The van der Waals surface area contributed by atoms with Gasteiger partial charge in [0.15, 0.2) is 9.84 Å². The summed E-state index contributed by atoms with van der Waals surface area (Å²) in [6.45, 7) is 1.84. The van der Waals surface area contributed by atoms with Gasteiger partial charge in [0.05, 0.1) is 28.1 Å². The smallest absolute Gasteiger partial charge is 0.255 e. The fraction of sp³-hybridized carbons (Fsp3) is 0.125. The van der Waals surface area contributed by atoms with Crippen molar-refractivity contribution >= 4 is 32.5 Å². The minimum atomic E-state index is -3.63. The Labute approximate surface area is 252 Å². The van der Waals surface area contributed by atoms with Gasteiger partial charge in [0.25, 0.3) is 5.95 Å². The first-order chi connectivity index (χ1) is 21.1. The summed E-state index contributed by atoms with van der Waals surface area (Å²) >= 11 is 0. The van der Waals surface area contributed by atoms with Gasteiger partial charge in [-0.3, -0.25) is 0 Å². The van der Waals surface area contributed by atoms with Gasteiger partial charge in [-0.05, 0) is 34.9 Å². The summed E-state index contributed by atoms with van der Waals surface area (Å²) in [7, 11) is -3.63. The van der Waals surface area contributed by atoms with E-state index < -0.39 is 27.4 Å². The highest BCUT2D eigenvalue weighted by atomic mass is 32.2. The average Bonchev–Trinajstić information content (AvgIpc) is 3.35. The molecule has 0 aliphatic carbocycles. The second kappa shape index (κ2) is 11.5. The van der Waals surface area contributed by atoms with E-state index in [-0.39, 0.29) is 40.2 Å². The number of hydrogen-bond donors (Lipinski definition) is 2. The molecule has 9 nitrogen and oxygen atoms in total. The van der Waals surface area contributed by atoms with E-state index in [4.69, 9.17) is 11.5 Å². The lowest BCUT2D eigenvalue weighted by molar-refractivity contribution is 0.595. The number of hydrogen-bond acceptors (Lipinski definition) is 8. The summed E-state index contributed by atoms with van der Waals surface area (Å²) in [5.41, 5.74) is 16.0. The molecule has 0 amide bonds. The van der Waals surface area contributed by atoms with Crippen molar-refractivity contribution in [3.8, 4) is 5.95 Å². The number of nitrogens with zero attached hydrogens (tertiary/aromatic N) is 5. The zero-order valence-corrected chi connectivity index (χ0v) is 24.3. The first kappa shape index (κ1) is 28.9. The van der Waals surface area contributed by atoms with Crippen LogP contribution < -0.4 is 11.5 Å². The molecular weight excluding hydrogens is 584 g/mol. The van der Waals surface area contributed by atoms with Gasteiger partial charge < -0.3 is 11.5 Å². The molecule has 0 saturated heterocycles. The molecule has 0 aliphatic rings. The molecule has 1 atom stereocenters. The van der Waals surface area contributed by atoms with Crippen LogP contribution in [0.1, 0.15) is 40.8 Å². The number of sulfone groups is 1. The van der Waals surface area contributed by atoms with Crippen molar-refractivity contribution in [2.75, 3.05) is 11.5 Å². The molecule has 222 valence electrons. The van der Waals surface area contributed by atoms with E-state index in [1.165, 1.54) is 16.8 Å². The minimum Gasteiger partial charge on any atom is -0.383 e. The van der Waals surface area contributed by atoms with Crippen LogP contribution >= 0.6 is 0 Å². The maximum atomic E-state index is 14.4.